The van der Waals surface area contributed by atoms with Gasteiger partial charge >= 0.3 is 0 Å². The average Bonchev–Trinajstić information content (AvgIpc) is 2.77. The first-order valence-electron chi connectivity index (χ1n) is 5.91. The molecule has 2 aromatic rings. The van der Waals surface area contributed by atoms with Gasteiger partial charge in [0.2, 0.25) is 0 Å². The quantitative estimate of drug-likeness (QED) is 0.782. The van der Waals surface area contributed by atoms with Crippen LogP contribution in [0.15, 0.2) is 26.5 Å². The second-order valence-corrected chi connectivity index (χ2v) is 7.48. The Morgan fingerprint density at radius 2 is 1.90 bits per heavy atom. The Balaban J connectivity index is 2.49. The summed E-state index contributed by atoms with van der Waals surface area (Å²) in [4.78, 5) is 1.09. The van der Waals surface area contributed by atoms with Gasteiger partial charge < -0.3 is 15.2 Å². The first-order chi connectivity index (χ1) is 9.49. The zero-order valence-corrected chi connectivity index (χ0v) is 15.4. The van der Waals surface area contributed by atoms with Crippen molar-refractivity contribution in [3.63, 3.8) is 0 Å². The van der Waals surface area contributed by atoms with Gasteiger partial charge in [0.05, 0.1) is 24.0 Å². The van der Waals surface area contributed by atoms with Crippen LogP contribution < -0.4 is 15.2 Å². The molecule has 1 atom stereocenters. The molecule has 0 bridgehead atoms. The predicted molar refractivity (Wildman–Crippen MR) is 90.0 cm³/mol. The largest absolute Gasteiger partial charge is 0.495 e. The maximum Gasteiger partial charge on any atom is 0.141 e. The van der Waals surface area contributed by atoms with Crippen molar-refractivity contribution >= 4 is 43.2 Å². The van der Waals surface area contributed by atoms with E-state index in [0.717, 1.165) is 24.4 Å². The first-order valence-corrected chi connectivity index (χ1v) is 8.31. The monoisotopic (exact) mass is 419 g/mol. The standard InChI is InChI=1S/C14H15Br2NO2S/c1-7-6-10(20-14(7)16)12(17)8-4-5-9(18-2)11(15)13(8)19-3/h4-6,12H,17H2,1-3H3. The Morgan fingerprint density at radius 3 is 2.40 bits per heavy atom. The van der Waals surface area contributed by atoms with Crippen molar-refractivity contribution in [3.8, 4) is 11.5 Å². The fourth-order valence-corrected chi connectivity index (χ4v) is 4.23. The van der Waals surface area contributed by atoms with E-state index in [-0.39, 0.29) is 6.04 Å². The summed E-state index contributed by atoms with van der Waals surface area (Å²) in [5.74, 6) is 1.43. The Kier molecular flexibility index (Phi) is 5.12. The number of hydrogen-bond donors (Lipinski definition) is 1. The molecule has 1 heterocycles. The number of benzene rings is 1. The van der Waals surface area contributed by atoms with E-state index in [0.29, 0.717) is 5.75 Å². The highest BCUT2D eigenvalue weighted by molar-refractivity contribution is 9.11. The predicted octanol–water partition coefficient (Wildman–Crippen LogP) is 4.65. The van der Waals surface area contributed by atoms with E-state index in [1.807, 2.05) is 12.1 Å². The van der Waals surface area contributed by atoms with Gasteiger partial charge in [0, 0.05) is 10.4 Å². The van der Waals surface area contributed by atoms with Crippen LogP contribution in [0, 0.1) is 6.92 Å². The molecule has 0 aliphatic heterocycles. The van der Waals surface area contributed by atoms with E-state index in [2.05, 4.69) is 44.8 Å². The van der Waals surface area contributed by atoms with E-state index >= 15 is 0 Å². The molecule has 1 unspecified atom stereocenters. The van der Waals surface area contributed by atoms with Gasteiger partial charge in [-0.1, -0.05) is 0 Å². The van der Waals surface area contributed by atoms with Gasteiger partial charge in [0.15, 0.2) is 0 Å². The lowest BCUT2D eigenvalue weighted by Crippen LogP contribution is -2.12. The van der Waals surface area contributed by atoms with Crippen molar-refractivity contribution in [2.75, 3.05) is 14.2 Å². The van der Waals surface area contributed by atoms with Crippen molar-refractivity contribution in [1.29, 1.82) is 0 Å². The SMILES string of the molecule is COc1ccc(C(N)c2cc(C)c(Br)s2)c(OC)c1Br. The van der Waals surface area contributed by atoms with Crippen LogP contribution in [0.1, 0.15) is 22.0 Å². The van der Waals surface area contributed by atoms with Crippen molar-refractivity contribution in [1.82, 2.24) is 0 Å². The van der Waals surface area contributed by atoms with Crippen LogP contribution in [0.25, 0.3) is 0 Å². The smallest absolute Gasteiger partial charge is 0.141 e. The van der Waals surface area contributed by atoms with Crippen molar-refractivity contribution in [2.45, 2.75) is 13.0 Å². The minimum Gasteiger partial charge on any atom is -0.495 e. The molecule has 0 fully saturated rings. The molecule has 0 amide bonds. The lowest BCUT2D eigenvalue weighted by atomic mass is 10.0. The highest BCUT2D eigenvalue weighted by atomic mass is 79.9. The minimum absolute atomic E-state index is 0.234. The van der Waals surface area contributed by atoms with Gasteiger partial charge in [-0.3, -0.25) is 0 Å². The lowest BCUT2D eigenvalue weighted by Gasteiger charge is -2.17. The van der Waals surface area contributed by atoms with E-state index < -0.39 is 0 Å². The summed E-state index contributed by atoms with van der Waals surface area (Å²) < 4.78 is 12.6. The van der Waals surface area contributed by atoms with Gasteiger partial charge in [-0.2, -0.15) is 0 Å². The molecule has 1 aromatic heterocycles. The maximum absolute atomic E-state index is 6.38. The lowest BCUT2D eigenvalue weighted by molar-refractivity contribution is 0.385. The van der Waals surface area contributed by atoms with Crippen LogP contribution in [-0.2, 0) is 0 Å². The van der Waals surface area contributed by atoms with Gasteiger partial charge in [0.25, 0.3) is 0 Å². The molecule has 0 saturated carbocycles. The summed E-state index contributed by atoms with van der Waals surface area (Å²) in [6, 6.07) is 5.69. The van der Waals surface area contributed by atoms with Crippen molar-refractivity contribution < 1.29 is 9.47 Å². The highest BCUT2D eigenvalue weighted by Crippen LogP contribution is 2.42. The van der Waals surface area contributed by atoms with E-state index in [4.69, 9.17) is 15.2 Å². The zero-order valence-electron chi connectivity index (χ0n) is 11.4. The second-order valence-electron chi connectivity index (χ2n) is 4.29. The molecule has 0 aliphatic carbocycles. The van der Waals surface area contributed by atoms with Crippen LogP contribution in [0.3, 0.4) is 0 Å². The van der Waals surface area contributed by atoms with Gasteiger partial charge in [-0.15, -0.1) is 11.3 Å². The molecule has 108 valence electrons. The fourth-order valence-electron chi connectivity index (χ4n) is 1.95. The molecule has 0 spiro atoms. The number of aryl methyl sites for hydroxylation is 1. The number of methoxy groups -OCH3 is 2. The summed E-state index contributed by atoms with van der Waals surface area (Å²) >= 11 is 8.68. The second kappa shape index (κ2) is 6.47. The average molecular weight is 421 g/mol. The molecule has 2 rings (SSSR count). The van der Waals surface area contributed by atoms with Crippen LogP contribution in [0.4, 0.5) is 0 Å². The third kappa shape index (κ3) is 2.88. The topological polar surface area (TPSA) is 44.5 Å². The fraction of sp³-hybridized carbons (Fsp3) is 0.286. The van der Waals surface area contributed by atoms with Gasteiger partial charge in [-0.05, 0) is 62.5 Å². The Labute approximate surface area is 139 Å². The van der Waals surface area contributed by atoms with E-state index in [1.165, 1.54) is 5.56 Å². The maximum atomic E-state index is 6.38. The molecule has 6 heteroatoms. The summed E-state index contributed by atoms with van der Waals surface area (Å²) in [5.41, 5.74) is 8.50. The summed E-state index contributed by atoms with van der Waals surface area (Å²) in [7, 11) is 3.25. The van der Waals surface area contributed by atoms with Gasteiger partial charge in [0.1, 0.15) is 16.0 Å². The molecular formula is C14H15Br2NO2S. The summed E-state index contributed by atoms with van der Waals surface area (Å²) in [6.07, 6.45) is 0. The molecular weight excluding hydrogens is 406 g/mol. The van der Waals surface area contributed by atoms with Crippen LogP contribution in [-0.4, -0.2) is 14.2 Å². The Morgan fingerprint density at radius 1 is 1.20 bits per heavy atom. The third-order valence-electron chi connectivity index (χ3n) is 3.03. The molecule has 3 nitrogen and oxygen atoms in total. The molecule has 20 heavy (non-hydrogen) atoms. The number of thiophene rings is 1. The molecule has 2 N–H and O–H groups in total. The molecule has 0 radical (unpaired) electrons. The Bertz CT molecular complexity index is 608. The zero-order chi connectivity index (χ0) is 14.9. The van der Waals surface area contributed by atoms with Crippen LogP contribution >= 0.6 is 43.2 Å². The Hall–Kier alpha value is -0.560. The molecule has 0 saturated heterocycles. The van der Waals surface area contributed by atoms with Crippen LogP contribution in [0.2, 0.25) is 0 Å². The van der Waals surface area contributed by atoms with E-state index in [1.54, 1.807) is 25.6 Å². The number of halogens is 2. The minimum atomic E-state index is -0.234. The molecule has 0 aliphatic rings. The molecule has 1 aromatic carbocycles. The van der Waals surface area contributed by atoms with Crippen LogP contribution in [0.5, 0.6) is 11.5 Å². The number of ether oxygens (including phenoxy) is 2. The number of rotatable bonds is 4. The summed E-state index contributed by atoms with van der Waals surface area (Å²) in [5, 5.41) is 0. The van der Waals surface area contributed by atoms with Crippen molar-refractivity contribution in [3.05, 3.63) is 42.5 Å². The van der Waals surface area contributed by atoms with Gasteiger partial charge in [-0.25, -0.2) is 0 Å². The van der Waals surface area contributed by atoms with E-state index in [9.17, 15) is 0 Å². The number of nitrogens with two attached hydrogens (primary N) is 1. The third-order valence-corrected chi connectivity index (χ3v) is 6.00. The number of hydrogen-bond acceptors (Lipinski definition) is 4. The van der Waals surface area contributed by atoms with Crippen molar-refractivity contribution in [2.24, 2.45) is 5.73 Å². The summed E-state index contributed by atoms with van der Waals surface area (Å²) in [6.45, 7) is 2.05. The first kappa shape index (κ1) is 15.8. The highest BCUT2D eigenvalue weighted by Gasteiger charge is 2.20. The normalized spacial score (nSPS) is 12.3.